The average Bonchev–Trinajstić information content (AvgIpc) is 3.24. The highest BCUT2D eigenvalue weighted by molar-refractivity contribution is 5.80. The zero-order valence-electron chi connectivity index (χ0n) is 17.2. The largest absolute Gasteiger partial charge is 0.357 e. The highest BCUT2D eigenvalue weighted by atomic mass is 19.1. The van der Waals surface area contributed by atoms with Gasteiger partial charge in [0.25, 0.3) is 0 Å². The second-order valence-corrected chi connectivity index (χ2v) is 7.49. The van der Waals surface area contributed by atoms with Gasteiger partial charge in [-0.05, 0) is 50.3 Å². The minimum absolute atomic E-state index is 0.175. The first-order chi connectivity index (χ1) is 14.2. The third kappa shape index (κ3) is 7.45. The number of halogens is 1. The standard InChI is InChI=1S/C21H32FN7/c1-2-23-21(24-11-3-4-12-29-16-25-26-17-29)27-20-9-13-28(14-10-20)15-18-5-7-19(22)8-6-18/h5-8,16-17,20H,2-4,9-15H2,1H3,(H2,23,24,27). The summed E-state index contributed by atoms with van der Waals surface area (Å²) in [4.78, 5) is 7.16. The predicted molar refractivity (Wildman–Crippen MR) is 113 cm³/mol. The maximum atomic E-state index is 13.1. The number of aliphatic imine (C=N–C) groups is 1. The molecule has 1 aromatic carbocycles. The molecule has 8 heteroatoms. The normalized spacial score (nSPS) is 16.1. The third-order valence-corrected chi connectivity index (χ3v) is 5.15. The average molecular weight is 402 g/mol. The molecule has 2 heterocycles. The Labute approximate surface area is 172 Å². The van der Waals surface area contributed by atoms with Gasteiger partial charge < -0.3 is 15.2 Å². The molecule has 0 bridgehead atoms. The molecule has 1 aliphatic heterocycles. The van der Waals surface area contributed by atoms with Gasteiger partial charge in [-0.25, -0.2) is 4.39 Å². The van der Waals surface area contributed by atoms with E-state index in [2.05, 4.69) is 32.7 Å². The monoisotopic (exact) mass is 401 g/mol. The molecule has 0 atom stereocenters. The summed E-state index contributed by atoms with van der Waals surface area (Å²) in [5.74, 6) is 0.736. The van der Waals surface area contributed by atoms with Crippen molar-refractivity contribution in [3.05, 3.63) is 48.3 Å². The van der Waals surface area contributed by atoms with Gasteiger partial charge in [-0.1, -0.05) is 12.1 Å². The summed E-state index contributed by atoms with van der Waals surface area (Å²) in [5, 5.41) is 14.6. The highest BCUT2D eigenvalue weighted by Crippen LogP contribution is 2.14. The van der Waals surface area contributed by atoms with Crippen molar-refractivity contribution in [3.8, 4) is 0 Å². The lowest BCUT2D eigenvalue weighted by atomic mass is 10.0. The molecule has 29 heavy (non-hydrogen) atoms. The van der Waals surface area contributed by atoms with E-state index in [1.165, 1.54) is 17.7 Å². The molecule has 2 N–H and O–H groups in total. The number of likely N-dealkylation sites (tertiary alicyclic amines) is 1. The van der Waals surface area contributed by atoms with Crippen LogP contribution >= 0.6 is 0 Å². The zero-order valence-corrected chi connectivity index (χ0v) is 17.2. The number of aryl methyl sites for hydroxylation is 1. The Balaban J connectivity index is 1.37. The van der Waals surface area contributed by atoms with E-state index in [1.54, 1.807) is 12.7 Å². The molecule has 3 rings (SSSR count). The number of guanidine groups is 1. The van der Waals surface area contributed by atoms with Crippen LogP contribution in [-0.4, -0.2) is 57.8 Å². The third-order valence-electron chi connectivity index (χ3n) is 5.15. The molecule has 1 aromatic heterocycles. The van der Waals surface area contributed by atoms with E-state index in [1.807, 2.05) is 16.7 Å². The molecule has 2 aromatic rings. The maximum absolute atomic E-state index is 13.1. The van der Waals surface area contributed by atoms with Crippen LogP contribution in [0.1, 0.15) is 38.2 Å². The number of hydrogen-bond acceptors (Lipinski definition) is 4. The summed E-state index contributed by atoms with van der Waals surface area (Å²) in [6.07, 6.45) is 7.75. The summed E-state index contributed by atoms with van der Waals surface area (Å²) in [6.45, 7) is 7.64. The molecular weight excluding hydrogens is 369 g/mol. The minimum Gasteiger partial charge on any atom is -0.357 e. The molecule has 0 saturated carbocycles. The molecule has 0 spiro atoms. The van der Waals surface area contributed by atoms with Crippen LogP contribution in [0.2, 0.25) is 0 Å². The highest BCUT2D eigenvalue weighted by Gasteiger charge is 2.20. The number of nitrogens with zero attached hydrogens (tertiary/aromatic N) is 5. The van der Waals surface area contributed by atoms with Crippen molar-refractivity contribution in [2.75, 3.05) is 26.2 Å². The minimum atomic E-state index is -0.175. The van der Waals surface area contributed by atoms with E-state index in [0.29, 0.717) is 6.04 Å². The second-order valence-electron chi connectivity index (χ2n) is 7.49. The fourth-order valence-corrected chi connectivity index (χ4v) is 3.53. The van der Waals surface area contributed by atoms with E-state index in [-0.39, 0.29) is 5.82 Å². The second kappa shape index (κ2) is 11.5. The van der Waals surface area contributed by atoms with Crippen molar-refractivity contribution in [1.29, 1.82) is 0 Å². The fraction of sp³-hybridized carbons (Fsp3) is 0.571. The molecule has 1 saturated heterocycles. The Kier molecular flexibility index (Phi) is 8.42. The number of piperidine rings is 1. The van der Waals surface area contributed by atoms with E-state index in [0.717, 1.165) is 70.9 Å². The van der Waals surface area contributed by atoms with Gasteiger partial charge in [0.2, 0.25) is 0 Å². The van der Waals surface area contributed by atoms with Gasteiger partial charge in [-0.2, -0.15) is 0 Å². The van der Waals surface area contributed by atoms with E-state index >= 15 is 0 Å². The van der Waals surface area contributed by atoms with Crippen LogP contribution < -0.4 is 10.6 Å². The molecule has 7 nitrogen and oxygen atoms in total. The summed E-state index contributed by atoms with van der Waals surface area (Å²) < 4.78 is 15.0. The lowest BCUT2D eigenvalue weighted by Gasteiger charge is -2.33. The summed E-state index contributed by atoms with van der Waals surface area (Å²) in [6, 6.07) is 7.26. The number of rotatable bonds is 9. The van der Waals surface area contributed by atoms with Gasteiger partial charge in [0.1, 0.15) is 18.5 Å². The van der Waals surface area contributed by atoms with Crippen LogP contribution in [0.5, 0.6) is 0 Å². The summed E-state index contributed by atoms with van der Waals surface area (Å²) in [5.41, 5.74) is 1.17. The fourth-order valence-electron chi connectivity index (χ4n) is 3.53. The quantitative estimate of drug-likeness (QED) is 0.384. The Morgan fingerprint density at radius 2 is 1.86 bits per heavy atom. The molecule has 0 aliphatic carbocycles. The number of benzene rings is 1. The smallest absolute Gasteiger partial charge is 0.191 e. The lowest BCUT2D eigenvalue weighted by Crippen LogP contribution is -2.48. The van der Waals surface area contributed by atoms with Gasteiger partial charge in [0.05, 0.1) is 0 Å². The van der Waals surface area contributed by atoms with Gasteiger partial charge in [0, 0.05) is 45.3 Å². The van der Waals surface area contributed by atoms with Crippen molar-refractivity contribution in [1.82, 2.24) is 30.3 Å². The number of nitrogens with one attached hydrogen (secondary N) is 2. The van der Waals surface area contributed by atoms with Crippen LogP contribution in [0.25, 0.3) is 0 Å². The molecule has 1 aliphatic rings. The molecule has 0 unspecified atom stereocenters. The molecule has 0 radical (unpaired) electrons. The van der Waals surface area contributed by atoms with E-state index < -0.39 is 0 Å². The Bertz CT molecular complexity index is 722. The Morgan fingerprint density at radius 3 is 2.55 bits per heavy atom. The summed E-state index contributed by atoms with van der Waals surface area (Å²) >= 11 is 0. The van der Waals surface area contributed by atoms with Crippen molar-refractivity contribution >= 4 is 5.96 Å². The first-order valence-electron chi connectivity index (χ1n) is 10.6. The molecular formula is C21H32FN7. The topological polar surface area (TPSA) is 70.4 Å². The van der Waals surface area contributed by atoms with Gasteiger partial charge in [-0.3, -0.25) is 9.89 Å². The van der Waals surface area contributed by atoms with Gasteiger partial charge in [-0.15, -0.1) is 10.2 Å². The molecule has 0 amide bonds. The lowest BCUT2D eigenvalue weighted by molar-refractivity contribution is 0.198. The van der Waals surface area contributed by atoms with Crippen LogP contribution in [-0.2, 0) is 13.1 Å². The van der Waals surface area contributed by atoms with E-state index in [9.17, 15) is 4.39 Å². The van der Waals surface area contributed by atoms with Crippen molar-refractivity contribution < 1.29 is 4.39 Å². The first kappa shape index (κ1) is 21.2. The molecule has 1 fully saturated rings. The summed E-state index contributed by atoms with van der Waals surface area (Å²) in [7, 11) is 0. The zero-order chi connectivity index (χ0) is 20.3. The van der Waals surface area contributed by atoms with Crippen LogP contribution in [0, 0.1) is 5.82 Å². The maximum Gasteiger partial charge on any atom is 0.191 e. The number of unbranched alkanes of at least 4 members (excludes halogenated alkanes) is 1. The first-order valence-corrected chi connectivity index (χ1v) is 10.6. The molecule has 158 valence electrons. The Morgan fingerprint density at radius 1 is 1.14 bits per heavy atom. The van der Waals surface area contributed by atoms with Crippen LogP contribution in [0.15, 0.2) is 41.9 Å². The predicted octanol–water partition coefficient (Wildman–Crippen LogP) is 2.42. The van der Waals surface area contributed by atoms with Gasteiger partial charge >= 0.3 is 0 Å². The number of hydrogen-bond donors (Lipinski definition) is 2. The SMILES string of the molecule is CCNC(=NCCCCn1cnnc1)NC1CCN(Cc2ccc(F)cc2)CC1. The van der Waals surface area contributed by atoms with Crippen molar-refractivity contribution in [3.63, 3.8) is 0 Å². The van der Waals surface area contributed by atoms with E-state index in [4.69, 9.17) is 4.99 Å². The van der Waals surface area contributed by atoms with Crippen molar-refractivity contribution in [2.45, 2.75) is 51.7 Å². The van der Waals surface area contributed by atoms with Crippen molar-refractivity contribution in [2.24, 2.45) is 4.99 Å². The number of aromatic nitrogens is 3. The van der Waals surface area contributed by atoms with Crippen LogP contribution in [0.3, 0.4) is 0 Å². The van der Waals surface area contributed by atoms with Gasteiger partial charge in [0.15, 0.2) is 5.96 Å². The van der Waals surface area contributed by atoms with Crippen LogP contribution in [0.4, 0.5) is 4.39 Å². The Hall–Kier alpha value is -2.48.